The number of thiazole rings is 1. The number of pyridine rings is 1. The third-order valence-electron chi connectivity index (χ3n) is 8.67. The average Bonchev–Trinajstić information content (AvgIpc) is 3.47. The van der Waals surface area contributed by atoms with Gasteiger partial charge in [-0.15, -0.1) is 11.3 Å². The van der Waals surface area contributed by atoms with Crippen LogP contribution in [0.4, 0.5) is 0 Å². The molecule has 0 atom stereocenters. The molecule has 1 amide bonds. The lowest BCUT2D eigenvalue weighted by Gasteiger charge is -2.34. The molecule has 3 heterocycles. The quantitative estimate of drug-likeness (QED) is 0.219. The molecule has 212 valence electrons. The van der Waals surface area contributed by atoms with Crippen molar-refractivity contribution in [2.45, 2.75) is 71.1 Å². The highest BCUT2D eigenvalue weighted by Crippen LogP contribution is 2.41. The average molecular weight is 586 g/mol. The number of amides is 1. The molecule has 0 radical (unpaired) electrons. The SMILES string of the molecule is CCc1cccc(CC)c1-n1c(C2CCC2)c(C(=O)N2CCCCC2)cc(-c2nc(-c3ccc(Cl)cc3)cs2)c1=O. The van der Waals surface area contributed by atoms with Gasteiger partial charge in [-0.05, 0) is 74.3 Å². The van der Waals surface area contributed by atoms with Crippen molar-refractivity contribution in [3.63, 3.8) is 0 Å². The monoisotopic (exact) mass is 585 g/mol. The summed E-state index contributed by atoms with van der Waals surface area (Å²) < 4.78 is 1.93. The molecular weight excluding hydrogens is 550 g/mol. The van der Waals surface area contributed by atoms with Gasteiger partial charge < -0.3 is 4.90 Å². The normalized spacial score (nSPS) is 15.6. The maximum atomic E-state index is 14.7. The molecule has 2 aromatic heterocycles. The fourth-order valence-corrected chi connectivity index (χ4v) is 7.14. The van der Waals surface area contributed by atoms with Crippen molar-refractivity contribution in [3.05, 3.63) is 91.7 Å². The topological polar surface area (TPSA) is 55.2 Å². The second kappa shape index (κ2) is 11.9. The largest absolute Gasteiger partial charge is 0.339 e. The van der Waals surface area contributed by atoms with Crippen molar-refractivity contribution in [3.8, 4) is 27.5 Å². The summed E-state index contributed by atoms with van der Waals surface area (Å²) in [4.78, 5) is 35.9. The van der Waals surface area contributed by atoms with Crippen LogP contribution in [-0.4, -0.2) is 33.4 Å². The van der Waals surface area contributed by atoms with E-state index >= 15 is 0 Å². The van der Waals surface area contributed by atoms with E-state index in [4.69, 9.17) is 16.6 Å². The van der Waals surface area contributed by atoms with Crippen LogP contribution < -0.4 is 5.56 Å². The van der Waals surface area contributed by atoms with Crippen LogP contribution >= 0.6 is 22.9 Å². The zero-order valence-corrected chi connectivity index (χ0v) is 25.4. The summed E-state index contributed by atoms with van der Waals surface area (Å²) in [5.74, 6) is 0.235. The minimum Gasteiger partial charge on any atom is -0.339 e. The zero-order valence-electron chi connectivity index (χ0n) is 23.8. The van der Waals surface area contributed by atoms with Gasteiger partial charge >= 0.3 is 0 Å². The Bertz CT molecular complexity index is 1610. The van der Waals surface area contributed by atoms with Gasteiger partial charge in [-0.2, -0.15) is 0 Å². The highest BCUT2D eigenvalue weighted by molar-refractivity contribution is 7.13. The zero-order chi connectivity index (χ0) is 28.5. The minimum atomic E-state index is -0.0882. The van der Waals surface area contributed by atoms with Crippen molar-refractivity contribution in [2.75, 3.05) is 13.1 Å². The molecular formula is C34H36ClN3O2S. The van der Waals surface area contributed by atoms with Gasteiger partial charge in [0, 0.05) is 40.7 Å². The van der Waals surface area contributed by atoms with Crippen molar-refractivity contribution in [2.24, 2.45) is 0 Å². The molecule has 7 heteroatoms. The summed E-state index contributed by atoms with van der Waals surface area (Å²) in [5.41, 5.74) is 6.91. The second-order valence-electron chi connectivity index (χ2n) is 11.2. The first-order chi connectivity index (χ1) is 20.0. The maximum absolute atomic E-state index is 14.7. The molecule has 1 aliphatic heterocycles. The Morgan fingerprint density at radius 1 is 0.976 bits per heavy atom. The number of carbonyl (C=O) groups is 1. The van der Waals surface area contributed by atoms with Crippen LogP contribution in [0.1, 0.15) is 85.5 Å². The van der Waals surface area contributed by atoms with Crippen LogP contribution in [-0.2, 0) is 12.8 Å². The first-order valence-electron chi connectivity index (χ1n) is 14.9. The Labute approximate surface area is 250 Å². The number of nitrogens with zero attached hydrogens (tertiary/aromatic N) is 3. The summed E-state index contributed by atoms with van der Waals surface area (Å²) in [6.07, 6.45) is 7.90. The number of piperidine rings is 1. The Balaban J connectivity index is 1.62. The summed E-state index contributed by atoms with van der Waals surface area (Å²) in [7, 11) is 0. The Kier molecular flexibility index (Phi) is 8.14. The van der Waals surface area contributed by atoms with Crippen LogP contribution in [0, 0.1) is 0 Å². The number of halogens is 1. The number of benzene rings is 2. The van der Waals surface area contributed by atoms with E-state index in [1.807, 2.05) is 45.2 Å². The lowest BCUT2D eigenvalue weighted by Crippen LogP contribution is -2.39. The Morgan fingerprint density at radius 3 is 2.27 bits per heavy atom. The van der Waals surface area contributed by atoms with Crippen LogP contribution in [0.2, 0.25) is 5.02 Å². The van der Waals surface area contributed by atoms with Crippen LogP contribution in [0.25, 0.3) is 27.5 Å². The molecule has 1 saturated carbocycles. The molecule has 0 unspecified atom stereocenters. The highest BCUT2D eigenvalue weighted by Gasteiger charge is 2.33. The highest BCUT2D eigenvalue weighted by atomic mass is 35.5. The smallest absolute Gasteiger partial charge is 0.265 e. The fraction of sp³-hybridized carbons (Fsp3) is 0.382. The van der Waals surface area contributed by atoms with Crippen molar-refractivity contribution in [1.82, 2.24) is 14.5 Å². The molecule has 2 fully saturated rings. The summed E-state index contributed by atoms with van der Waals surface area (Å²) in [6.45, 7) is 5.80. The van der Waals surface area contributed by atoms with Crippen molar-refractivity contribution >= 4 is 28.8 Å². The van der Waals surface area contributed by atoms with Crippen LogP contribution in [0.15, 0.2) is 58.7 Å². The Hall–Kier alpha value is -3.22. The molecule has 5 nitrogen and oxygen atoms in total. The standard InChI is InChI=1S/C34H36ClN3O2S/c1-3-22-10-8-11-23(4-2)30(22)38-31(25-12-9-13-25)27(33(39)37-18-6-5-7-19-37)20-28(34(38)40)32-36-29(21-41-32)24-14-16-26(35)17-15-24/h8,10-11,14-17,20-21,25H,3-7,9,12-13,18-19H2,1-2H3. The van der Waals surface area contributed by atoms with Crippen molar-refractivity contribution in [1.29, 1.82) is 0 Å². The molecule has 2 aliphatic rings. The van der Waals surface area contributed by atoms with Crippen molar-refractivity contribution < 1.29 is 4.79 Å². The van der Waals surface area contributed by atoms with Crippen LogP contribution in [0.3, 0.4) is 0 Å². The van der Waals surface area contributed by atoms with E-state index in [0.29, 0.717) is 21.2 Å². The number of aromatic nitrogens is 2. The predicted molar refractivity (Wildman–Crippen MR) is 169 cm³/mol. The molecule has 4 aromatic rings. The number of hydrogen-bond donors (Lipinski definition) is 0. The van der Waals surface area contributed by atoms with Gasteiger partial charge in [0.1, 0.15) is 5.01 Å². The third kappa shape index (κ3) is 5.28. The lowest BCUT2D eigenvalue weighted by molar-refractivity contribution is 0.0720. The fourth-order valence-electron chi connectivity index (χ4n) is 6.18. The number of carbonyl (C=O) groups excluding carboxylic acids is 1. The van der Waals surface area contributed by atoms with Gasteiger partial charge in [0.05, 0.1) is 22.5 Å². The van der Waals surface area contributed by atoms with Gasteiger partial charge in [-0.25, -0.2) is 4.98 Å². The van der Waals surface area contributed by atoms with E-state index in [-0.39, 0.29) is 17.4 Å². The van der Waals surface area contributed by atoms with E-state index < -0.39 is 0 Å². The van der Waals surface area contributed by atoms with E-state index in [9.17, 15) is 9.59 Å². The molecule has 2 aromatic carbocycles. The van der Waals surface area contributed by atoms with Gasteiger partial charge in [0.15, 0.2) is 0 Å². The molecule has 41 heavy (non-hydrogen) atoms. The molecule has 0 spiro atoms. The molecule has 1 aliphatic carbocycles. The maximum Gasteiger partial charge on any atom is 0.265 e. The molecule has 1 saturated heterocycles. The van der Waals surface area contributed by atoms with Gasteiger partial charge in [0.25, 0.3) is 11.5 Å². The van der Waals surface area contributed by atoms with E-state index in [1.165, 1.54) is 11.3 Å². The van der Waals surface area contributed by atoms with E-state index in [2.05, 4.69) is 32.0 Å². The van der Waals surface area contributed by atoms with E-state index in [1.54, 1.807) is 0 Å². The number of para-hydroxylation sites is 1. The molecule has 0 bridgehead atoms. The summed E-state index contributed by atoms with van der Waals surface area (Å²) >= 11 is 7.56. The van der Waals surface area contributed by atoms with Gasteiger partial charge in [-0.1, -0.05) is 62.2 Å². The van der Waals surface area contributed by atoms with E-state index in [0.717, 1.165) is 98.2 Å². The van der Waals surface area contributed by atoms with Gasteiger partial charge in [-0.3, -0.25) is 14.2 Å². The summed E-state index contributed by atoms with van der Waals surface area (Å²) in [5, 5.41) is 3.28. The first-order valence-corrected chi connectivity index (χ1v) is 16.2. The first kappa shape index (κ1) is 27.9. The number of rotatable bonds is 7. The molecule has 6 rings (SSSR count). The predicted octanol–water partition coefficient (Wildman–Crippen LogP) is 8.30. The number of likely N-dealkylation sites (tertiary alicyclic amines) is 1. The summed E-state index contributed by atoms with van der Waals surface area (Å²) in [6, 6.07) is 15.8. The molecule has 0 N–H and O–H groups in total. The lowest BCUT2D eigenvalue weighted by atomic mass is 9.80. The van der Waals surface area contributed by atoms with Gasteiger partial charge in [0.2, 0.25) is 0 Å². The Morgan fingerprint density at radius 2 is 1.66 bits per heavy atom. The van der Waals surface area contributed by atoms with Crippen LogP contribution in [0.5, 0.6) is 0 Å². The number of hydrogen-bond acceptors (Lipinski definition) is 4. The third-order valence-corrected chi connectivity index (χ3v) is 9.80. The second-order valence-corrected chi connectivity index (χ2v) is 12.4. The minimum absolute atomic E-state index is 0.0445. The number of aryl methyl sites for hydroxylation is 2.